The van der Waals surface area contributed by atoms with E-state index >= 15 is 0 Å². The molecule has 0 aliphatic carbocycles. The van der Waals surface area contributed by atoms with Crippen molar-refractivity contribution < 1.29 is 4.74 Å². The monoisotopic (exact) mass is 261 g/mol. The van der Waals surface area contributed by atoms with E-state index in [0.717, 1.165) is 11.3 Å². The number of nitrogens with zero attached hydrogens (tertiary/aromatic N) is 1. The standard InChI is InChI=1S/C15H16ClNO/c1-10-6-11(2)12(3)14(7-10)18-9-13-4-5-17-15(16)8-13/h4-8H,9H2,1-3H3. The summed E-state index contributed by atoms with van der Waals surface area (Å²) >= 11 is 5.84. The molecule has 94 valence electrons. The predicted molar refractivity (Wildman–Crippen MR) is 74.2 cm³/mol. The lowest BCUT2D eigenvalue weighted by Crippen LogP contribution is -1.99. The minimum absolute atomic E-state index is 0.494. The van der Waals surface area contributed by atoms with Gasteiger partial charge in [0, 0.05) is 6.20 Å². The van der Waals surface area contributed by atoms with Crippen LogP contribution in [-0.4, -0.2) is 4.98 Å². The topological polar surface area (TPSA) is 22.1 Å². The van der Waals surface area contributed by atoms with Gasteiger partial charge in [-0.15, -0.1) is 0 Å². The SMILES string of the molecule is Cc1cc(C)c(C)c(OCc2ccnc(Cl)c2)c1. The first-order valence-corrected chi connectivity index (χ1v) is 6.25. The largest absolute Gasteiger partial charge is 0.489 e. The Morgan fingerprint density at radius 2 is 1.94 bits per heavy atom. The smallest absolute Gasteiger partial charge is 0.129 e. The van der Waals surface area contributed by atoms with Gasteiger partial charge >= 0.3 is 0 Å². The number of aryl methyl sites for hydroxylation is 2. The maximum Gasteiger partial charge on any atom is 0.129 e. The number of hydrogen-bond acceptors (Lipinski definition) is 2. The van der Waals surface area contributed by atoms with Crippen LogP contribution in [0.4, 0.5) is 0 Å². The van der Waals surface area contributed by atoms with Crippen molar-refractivity contribution in [2.75, 3.05) is 0 Å². The fourth-order valence-corrected chi connectivity index (χ4v) is 2.04. The first-order valence-electron chi connectivity index (χ1n) is 5.87. The number of rotatable bonds is 3. The lowest BCUT2D eigenvalue weighted by molar-refractivity contribution is 0.303. The van der Waals surface area contributed by atoms with Crippen LogP contribution in [-0.2, 0) is 6.61 Å². The van der Waals surface area contributed by atoms with Gasteiger partial charge < -0.3 is 4.74 Å². The zero-order valence-corrected chi connectivity index (χ0v) is 11.6. The number of benzene rings is 1. The Balaban J connectivity index is 2.15. The molecule has 0 N–H and O–H groups in total. The molecule has 0 amide bonds. The first-order chi connectivity index (χ1) is 8.56. The van der Waals surface area contributed by atoms with Crippen molar-refractivity contribution in [3.63, 3.8) is 0 Å². The van der Waals surface area contributed by atoms with Gasteiger partial charge in [0.2, 0.25) is 0 Å². The highest BCUT2D eigenvalue weighted by atomic mass is 35.5. The number of hydrogen-bond donors (Lipinski definition) is 0. The van der Waals surface area contributed by atoms with Gasteiger partial charge in [0.05, 0.1) is 0 Å². The van der Waals surface area contributed by atoms with Crippen LogP contribution in [0.1, 0.15) is 22.3 Å². The molecule has 2 rings (SSSR count). The summed E-state index contributed by atoms with van der Waals surface area (Å²) in [4.78, 5) is 3.95. The summed E-state index contributed by atoms with van der Waals surface area (Å²) in [6, 6.07) is 7.94. The van der Waals surface area contributed by atoms with Crippen molar-refractivity contribution in [2.45, 2.75) is 27.4 Å². The summed E-state index contributed by atoms with van der Waals surface area (Å²) in [7, 11) is 0. The van der Waals surface area contributed by atoms with Gasteiger partial charge in [0.25, 0.3) is 0 Å². The molecule has 1 heterocycles. The van der Waals surface area contributed by atoms with E-state index < -0.39 is 0 Å². The van der Waals surface area contributed by atoms with Crippen LogP contribution >= 0.6 is 11.6 Å². The summed E-state index contributed by atoms with van der Waals surface area (Å²) in [5.74, 6) is 0.931. The molecule has 0 saturated carbocycles. The molecule has 3 heteroatoms. The molecular formula is C15H16ClNO. The van der Waals surface area contributed by atoms with Gasteiger partial charge in [-0.25, -0.2) is 4.98 Å². The lowest BCUT2D eigenvalue weighted by atomic mass is 10.1. The normalized spacial score (nSPS) is 10.4. The van der Waals surface area contributed by atoms with Gasteiger partial charge in [0.15, 0.2) is 0 Å². The Morgan fingerprint density at radius 3 is 2.67 bits per heavy atom. The highest BCUT2D eigenvalue weighted by molar-refractivity contribution is 6.29. The van der Waals surface area contributed by atoms with Crippen molar-refractivity contribution in [1.82, 2.24) is 4.98 Å². The average molecular weight is 262 g/mol. The third-order valence-corrected chi connectivity index (χ3v) is 3.16. The first kappa shape index (κ1) is 12.9. The van der Waals surface area contributed by atoms with Crippen molar-refractivity contribution >= 4 is 11.6 Å². The molecule has 1 aromatic carbocycles. The molecule has 0 aliphatic heterocycles. The minimum Gasteiger partial charge on any atom is -0.489 e. The van der Waals surface area contributed by atoms with Gasteiger partial charge in [-0.3, -0.25) is 0 Å². The Morgan fingerprint density at radius 1 is 1.17 bits per heavy atom. The molecule has 18 heavy (non-hydrogen) atoms. The van der Waals surface area contributed by atoms with Gasteiger partial charge in [-0.2, -0.15) is 0 Å². The van der Waals surface area contributed by atoms with E-state index in [4.69, 9.17) is 16.3 Å². The van der Waals surface area contributed by atoms with Crippen LogP contribution in [0.3, 0.4) is 0 Å². The van der Waals surface area contributed by atoms with Crippen molar-refractivity contribution in [3.8, 4) is 5.75 Å². The quantitative estimate of drug-likeness (QED) is 0.771. The summed E-state index contributed by atoms with van der Waals surface area (Å²) in [5, 5.41) is 0.494. The van der Waals surface area contributed by atoms with E-state index in [0.29, 0.717) is 11.8 Å². The van der Waals surface area contributed by atoms with E-state index in [9.17, 15) is 0 Å². The fraction of sp³-hybridized carbons (Fsp3) is 0.267. The molecule has 0 saturated heterocycles. The lowest BCUT2D eigenvalue weighted by Gasteiger charge is -2.12. The van der Waals surface area contributed by atoms with E-state index in [1.807, 2.05) is 12.1 Å². The predicted octanol–water partition coefficient (Wildman–Crippen LogP) is 4.24. The molecule has 2 aromatic rings. The molecule has 0 aliphatic rings. The summed E-state index contributed by atoms with van der Waals surface area (Å²) < 4.78 is 5.85. The Hall–Kier alpha value is -1.54. The summed E-state index contributed by atoms with van der Waals surface area (Å²) in [6.45, 7) is 6.75. The van der Waals surface area contributed by atoms with Crippen molar-refractivity contribution in [3.05, 3.63) is 57.9 Å². The second-order valence-electron chi connectivity index (χ2n) is 4.48. The summed E-state index contributed by atoms with van der Waals surface area (Å²) in [6.07, 6.45) is 1.69. The van der Waals surface area contributed by atoms with Crippen molar-refractivity contribution in [2.24, 2.45) is 0 Å². The zero-order valence-electron chi connectivity index (χ0n) is 10.8. The van der Waals surface area contributed by atoms with Crippen LogP contribution in [0.15, 0.2) is 30.5 Å². The van der Waals surface area contributed by atoms with Crippen LogP contribution in [0.5, 0.6) is 5.75 Å². The van der Waals surface area contributed by atoms with E-state index in [1.54, 1.807) is 6.20 Å². The van der Waals surface area contributed by atoms with Crippen LogP contribution in [0.2, 0.25) is 5.15 Å². The number of pyridine rings is 1. The van der Waals surface area contributed by atoms with Crippen molar-refractivity contribution in [1.29, 1.82) is 0 Å². The van der Waals surface area contributed by atoms with Gasteiger partial charge in [-0.1, -0.05) is 17.7 Å². The number of halogens is 1. The number of aromatic nitrogens is 1. The molecule has 0 bridgehead atoms. The highest BCUT2D eigenvalue weighted by Gasteiger charge is 2.04. The molecule has 0 atom stereocenters. The van der Waals surface area contributed by atoms with Crippen LogP contribution in [0.25, 0.3) is 0 Å². The van der Waals surface area contributed by atoms with E-state index in [1.165, 1.54) is 16.7 Å². The zero-order chi connectivity index (χ0) is 13.1. The third-order valence-electron chi connectivity index (χ3n) is 2.95. The van der Waals surface area contributed by atoms with Crippen LogP contribution in [0, 0.1) is 20.8 Å². The second kappa shape index (κ2) is 5.40. The molecule has 0 unspecified atom stereocenters. The third kappa shape index (κ3) is 3.02. The molecule has 0 fully saturated rings. The Kier molecular flexibility index (Phi) is 3.87. The van der Waals surface area contributed by atoms with Gasteiger partial charge in [0.1, 0.15) is 17.5 Å². The minimum atomic E-state index is 0.494. The Labute approximate surface area is 113 Å². The molecule has 0 radical (unpaired) electrons. The molecular weight excluding hydrogens is 246 g/mol. The Bertz CT molecular complexity index is 566. The fourth-order valence-electron chi connectivity index (χ4n) is 1.84. The second-order valence-corrected chi connectivity index (χ2v) is 4.87. The maximum atomic E-state index is 5.85. The van der Waals surface area contributed by atoms with Gasteiger partial charge in [-0.05, 0) is 61.2 Å². The van der Waals surface area contributed by atoms with Crippen LogP contribution < -0.4 is 4.74 Å². The van der Waals surface area contributed by atoms with E-state index in [-0.39, 0.29) is 0 Å². The number of ether oxygens (including phenoxy) is 1. The van der Waals surface area contributed by atoms with E-state index in [2.05, 4.69) is 37.9 Å². The average Bonchev–Trinajstić information content (AvgIpc) is 2.32. The molecule has 1 aromatic heterocycles. The highest BCUT2D eigenvalue weighted by Crippen LogP contribution is 2.24. The summed E-state index contributed by atoms with van der Waals surface area (Å²) in [5.41, 5.74) is 4.66. The molecule has 0 spiro atoms. The maximum absolute atomic E-state index is 5.85. The molecule has 2 nitrogen and oxygen atoms in total.